The predicted octanol–water partition coefficient (Wildman–Crippen LogP) is 3.20. The van der Waals surface area contributed by atoms with Crippen LogP contribution in [0.4, 0.5) is 11.5 Å². The SMILES string of the molecule is CSc1nc(C)c2c(n1)N(c1ccccc1)CC2. The second-order valence-electron chi connectivity index (χ2n) is 4.34. The Bertz CT molecular complexity index is 569. The van der Waals surface area contributed by atoms with E-state index in [0.717, 1.165) is 29.6 Å². The van der Waals surface area contributed by atoms with Crippen LogP contribution in [0.15, 0.2) is 35.5 Å². The quantitative estimate of drug-likeness (QED) is 0.610. The summed E-state index contributed by atoms with van der Waals surface area (Å²) < 4.78 is 0. The molecule has 1 aliphatic rings. The number of aryl methyl sites for hydroxylation is 1. The number of hydrogen-bond acceptors (Lipinski definition) is 4. The van der Waals surface area contributed by atoms with E-state index in [-0.39, 0.29) is 0 Å². The first-order chi connectivity index (χ1) is 8.79. The lowest BCUT2D eigenvalue weighted by molar-refractivity contribution is 0.918. The largest absolute Gasteiger partial charge is 0.326 e. The molecule has 0 saturated heterocycles. The van der Waals surface area contributed by atoms with E-state index in [1.165, 1.54) is 11.3 Å². The van der Waals surface area contributed by atoms with Crippen LogP contribution in [0.1, 0.15) is 11.3 Å². The molecule has 4 heteroatoms. The molecule has 2 aromatic rings. The molecule has 1 aromatic carbocycles. The minimum atomic E-state index is 0.856. The van der Waals surface area contributed by atoms with Crippen molar-refractivity contribution in [2.24, 2.45) is 0 Å². The van der Waals surface area contributed by atoms with E-state index in [4.69, 9.17) is 0 Å². The third-order valence-corrected chi connectivity index (χ3v) is 3.81. The topological polar surface area (TPSA) is 29.0 Å². The molecule has 0 fully saturated rings. The van der Waals surface area contributed by atoms with E-state index in [1.54, 1.807) is 11.8 Å². The molecule has 1 aromatic heterocycles. The lowest BCUT2D eigenvalue weighted by Crippen LogP contribution is -2.14. The Morgan fingerprint density at radius 2 is 1.94 bits per heavy atom. The molecule has 0 aliphatic carbocycles. The van der Waals surface area contributed by atoms with Gasteiger partial charge in [-0.05, 0) is 31.7 Å². The summed E-state index contributed by atoms with van der Waals surface area (Å²) in [5, 5.41) is 0.856. The first-order valence-corrected chi connectivity index (χ1v) is 7.26. The zero-order valence-electron chi connectivity index (χ0n) is 10.6. The Morgan fingerprint density at radius 3 is 2.67 bits per heavy atom. The Morgan fingerprint density at radius 1 is 1.17 bits per heavy atom. The summed E-state index contributed by atoms with van der Waals surface area (Å²) in [5.41, 5.74) is 3.61. The average molecular weight is 257 g/mol. The first kappa shape index (κ1) is 11.5. The summed E-state index contributed by atoms with van der Waals surface area (Å²) in [6.07, 6.45) is 3.05. The zero-order chi connectivity index (χ0) is 12.5. The minimum absolute atomic E-state index is 0.856. The van der Waals surface area contributed by atoms with Gasteiger partial charge in [-0.1, -0.05) is 30.0 Å². The van der Waals surface area contributed by atoms with Crippen LogP contribution in [0.2, 0.25) is 0 Å². The van der Waals surface area contributed by atoms with Crippen LogP contribution < -0.4 is 4.90 Å². The van der Waals surface area contributed by atoms with Gasteiger partial charge in [0.2, 0.25) is 0 Å². The zero-order valence-corrected chi connectivity index (χ0v) is 11.4. The molecule has 3 nitrogen and oxygen atoms in total. The maximum atomic E-state index is 4.67. The standard InChI is InChI=1S/C14H15N3S/c1-10-12-8-9-17(11-6-4-3-5-7-11)13(12)16-14(15-10)18-2/h3-7H,8-9H2,1-2H3. The molecule has 1 aliphatic heterocycles. The van der Waals surface area contributed by atoms with Crippen molar-refractivity contribution in [1.29, 1.82) is 0 Å². The molecule has 0 saturated carbocycles. The van der Waals surface area contributed by atoms with Gasteiger partial charge in [-0.15, -0.1) is 0 Å². The van der Waals surface area contributed by atoms with Crippen molar-refractivity contribution < 1.29 is 0 Å². The third kappa shape index (κ3) is 1.86. The number of aromatic nitrogens is 2. The average Bonchev–Trinajstić information content (AvgIpc) is 2.84. The molecule has 3 rings (SSSR count). The van der Waals surface area contributed by atoms with Gasteiger partial charge in [-0.3, -0.25) is 0 Å². The fraction of sp³-hybridized carbons (Fsp3) is 0.286. The molecular weight excluding hydrogens is 242 g/mol. The van der Waals surface area contributed by atoms with Gasteiger partial charge in [-0.2, -0.15) is 0 Å². The molecule has 0 radical (unpaired) electrons. The summed E-state index contributed by atoms with van der Waals surface area (Å²) >= 11 is 1.60. The van der Waals surface area contributed by atoms with E-state index < -0.39 is 0 Å². The lowest BCUT2D eigenvalue weighted by Gasteiger charge is -2.18. The molecule has 0 unspecified atom stereocenters. The van der Waals surface area contributed by atoms with Crippen LogP contribution >= 0.6 is 11.8 Å². The second-order valence-corrected chi connectivity index (χ2v) is 5.11. The van der Waals surface area contributed by atoms with E-state index >= 15 is 0 Å². The molecule has 0 N–H and O–H groups in total. The highest BCUT2D eigenvalue weighted by molar-refractivity contribution is 7.98. The van der Waals surface area contributed by atoms with Gasteiger partial charge in [-0.25, -0.2) is 9.97 Å². The second kappa shape index (κ2) is 4.61. The van der Waals surface area contributed by atoms with E-state index in [9.17, 15) is 0 Å². The number of thioether (sulfide) groups is 1. The van der Waals surface area contributed by atoms with Crippen molar-refractivity contribution in [3.63, 3.8) is 0 Å². The molecule has 92 valence electrons. The monoisotopic (exact) mass is 257 g/mol. The summed E-state index contributed by atoms with van der Waals surface area (Å²) in [6.45, 7) is 3.07. The van der Waals surface area contributed by atoms with Crippen molar-refractivity contribution in [1.82, 2.24) is 9.97 Å². The van der Waals surface area contributed by atoms with Gasteiger partial charge in [0.05, 0.1) is 0 Å². The summed E-state index contributed by atoms with van der Waals surface area (Å²) in [4.78, 5) is 11.5. The van der Waals surface area contributed by atoms with Crippen LogP contribution in [0.25, 0.3) is 0 Å². The van der Waals surface area contributed by atoms with Crippen molar-refractivity contribution in [2.75, 3.05) is 17.7 Å². The Labute approximate surface area is 111 Å². The van der Waals surface area contributed by atoms with Gasteiger partial charge in [0.25, 0.3) is 0 Å². The van der Waals surface area contributed by atoms with Crippen LogP contribution in [-0.2, 0) is 6.42 Å². The van der Waals surface area contributed by atoms with Gasteiger partial charge < -0.3 is 4.90 Å². The minimum Gasteiger partial charge on any atom is -0.326 e. The summed E-state index contributed by atoms with van der Waals surface area (Å²) in [5.74, 6) is 1.08. The molecule has 0 bridgehead atoms. The lowest BCUT2D eigenvalue weighted by atomic mass is 10.2. The first-order valence-electron chi connectivity index (χ1n) is 6.03. The fourth-order valence-electron chi connectivity index (χ4n) is 2.35. The Kier molecular flexibility index (Phi) is 2.96. The maximum Gasteiger partial charge on any atom is 0.189 e. The van der Waals surface area contributed by atoms with Gasteiger partial charge >= 0.3 is 0 Å². The van der Waals surface area contributed by atoms with Gasteiger partial charge in [0, 0.05) is 23.5 Å². The number of rotatable bonds is 2. The van der Waals surface area contributed by atoms with Gasteiger partial charge in [0.15, 0.2) is 5.16 Å². The highest BCUT2D eigenvalue weighted by Crippen LogP contribution is 2.34. The molecule has 18 heavy (non-hydrogen) atoms. The number of para-hydroxylation sites is 1. The van der Waals surface area contributed by atoms with E-state index in [2.05, 4.69) is 46.1 Å². The normalized spacial score (nSPS) is 13.8. The smallest absolute Gasteiger partial charge is 0.189 e. The van der Waals surface area contributed by atoms with E-state index in [0.29, 0.717) is 0 Å². The van der Waals surface area contributed by atoms with Crippen molar-refractivity contribution in [3.05, 3.63) is 41.6 Å². The van der Waals surface area contributed by atoms with Crippen LogP contribution in [0.5, 0.6) is 0 Å². The number of benzene rings is 1. The van der Waals surface area contributed by atoms with Crippen LogP contribution in [-0.4, -0.2) is 22.8 Å². The summed E-state index contributed by atoms with van der Waals surface area (Å²) in [7, 11) is 0. The van der Waals surface area contributed by atoms with Crippen molar-refractivity contribution in [3.8, 4) is 0 Å². The van der Waals surface area contributed by atoms with Crippen LogP contribution in [0.3, 0.4) is 0 Å². The number of fused-ring (bicyclic) bond motifs is 1. The highest BCUT2D eigenvalue weighted by atomic mass is 32.2. The Hall–Kier alpha value is -1.55. The molecule has 0 spiro atoms. The number of nitrogens with zero attached hydrogens (tertiary/aromatic N) is 3. The molecule has 0 amide bonds. The third-order valence-electron chi connectivity index (χ3n) is 3.26. The van der Waals surface area contributed by atoms with Crippen molar-refractivity contribution >= 4 is 23.3 Å². The predicted molar refractivity (Wildman–Crippen MR) is 75.7 cm³/mol. The summed E-state index contributed by atoms with van der Waals surface area (Å²) in [6, 6.07) is 10.4. The molecule has 0 atom stereocenters. The number of anilines is 2. The highest BCUT2D eigenvalue weighted by Gasteiger charge is 2.24. The molecule has 2 heterocycles. The van der Waals surface area contributed by atoms with E-state index in [1.807, 2.05) is 12.3 Å². The fourth-order valence-corrected chi connectivity index (χ4v) is 2.76. The Balaban J connectivity index is 2.08. The van der Waals surface area contributed by atoms with Crippen LogP contribution in [0, 0.1) is 6.92 Å². The van der Waals surface area contributed by atoms with Gasteiger partial charge in [0.1, 0.15) is 5.82 Å². The number of hydrogen-bond donors (Lipinski definition) is 0. The molecular formula is C14H15N3S. The maximum absolute atomic E-state index is 4.67. The van der Waals surface area contributed by atoms with Crippen molar-refractivity contribution in [2.45, 2.75) is 18.5 Å².